The molecule has 4 rings (SSSR count). The van der Waals surface area contributed by atoms with Gasteiger partial charge < -0.3 is 19.6 Å². The van der Waals surface area contributed by atoms with E-state index >= 15 is 0 Å². The molecule has 29 heavy (non-hydrogen) atoms. The van der Waals surface area contributed by atoms with E-state index in [1.165, 1.54) is 6.08 Å². The third-order valence-corrected chi connectivity index (χ3v) is 5.22. The second kappa shape index (κ2) is 8.48. The molecule has 2 aliphatic heterocycles. The Morgan fingerprint density at radius 3 is 2.72 bits per heavy atom. The van der Waals surface area contributed by atoms with Crippen molar-refractivity contribution in [1.82, 2.24) is 14.7 Å². The highest BCUT2D eigenvalue weighted by Crippen LogP contribution is 2.26. The number of aromatic nitrogens is 2. The summed E-state index contributed by atoms with van der Waals surface area (Å²) in [6.45, 7) is 3.46. The SMILES string of the molecule is O=C(/C=C/c1ccccc1N1CCN(C(=O)c2cnn3c2OCCC3)CC1)CO. The van der Waals surface area contributed by atoms with Gasteiger partial charge in [0.15, 0.2) is 5.78 Å². The van der Waals surface area contributed by atoms with Gasteiger partial charge in [-0.2, -0.15) is 5.10 Å². The van der Waals surface area contributed by atoms with Crippen LogP contribution in [0.1, 0.15) is 22.3 Å². The second-order valence-electron chi connectivity index (χ2n) is 7.08. The van der Waals surface area contributed by atoms with Crippen molar-refractivity contribution in [1.29, 1.82) is 0 Å². The number of benzene rings is 1. The standard InChI is InChI=1S/C21H24N4O4/c26-15-17(27)7-6-16-4-1-2-5-19(16)23-9-11-24(12-10-23)20(28)18-14-22-25-8-3-13-29-21(18)25/h1-2,4-7,14,26H,3,8-13,15H2/b7-6+. The highest BCUT2D eigenvalue weighted by atomic mass is 16.5. The first-order valence-corrected chi connectivity index (χ1v) is 9.81. The lowest BCUT2D eigenvalue weighted by Crippen LogP contribution is -2.49. The van der Waals surface area contributed by atoms with E-state index < -0.39 is 6.61 Å². The summed E-state index contributed by atoms with van der Waals surface area (Å²) in [7, 11) is 0. The summed E-state index contributed by atoms with van der Waals surface area (Å²) < 4.78 is 7.41. The Morgan fingerprint density at radius 1 is 1.14 bits per heavy atom. The molecule has 3 heterocycles. The Morgan fingerprint density at radius 2 is 1.93 bits per heavy atom. The maximum atomic E-state index is 13.0. The molecule has 1 amide bonds. The first kappa shape index (κ1) is 19.2. The van der Waals surface area contributed by atoms with E-state index in [1.807, 2.05) is 29.2 Å². The van der Waals surface area contributed by atoms with E-state index in [9.17, 15) is 9.59 Å². The van der Waals surface area contributed by atoms with Gasteiger partial charge >= 0.3 is 0 Å². The summed E-state index contributed by atoms with van der Waals surface area (Å²) in [5, 5.41) is 13.2. The number of amides is 1. The minimum atomic E-state index is -0.498. The summed E-state index contributed by atoms with van der Waals surface area (Å²) in [6, 6.07) is 7.80. The molecule has 8 nitrogen and oxygen atoms in total. The molecule has 1 aromatic heterocycles. The van der Waals surface area contributed by atoms with Gasteiger partial charge in [-0.3, -0.25) is 9.59 Å². The average molecular weight is 396 g/mol. The van der Waals surface area contributed by atoms with Gasteiger partial charge in [0.25, 0.3) is 5.91 Å². The van der Waals surface area contributed by atoms with Crippen molar-refractivity contribution in [3.63, 3.8) is 0 Å². The summed E-state index contributed by atoms with van der Waals surface area (Å²) in [5.41, 5.74) is 2.45. The molecular weight excluding hydrogens is 372 g/mol. The lowest BCUT2D eigenvalue weighted by atomic mass is 10.1. The predicted molar refractivity (Wildman–Crippen MR) is 108 cm³/mol. The van der Waals surface area contributed by atoms with Crippen LogP contribution in [0.5, 0.6) is 5.88 Å². The molecule has 0 bridgehead atoms. The van der Waals surface area contributed by atoms with Crippen LogP contribution < -0.4 is 9.64 Å². The molecule has 0 spiro atoms. The molecule has 0 aliphatic carbocycles. The molecule has 1 aromatic carbocycles. The Kier molecular flexibility index (Phi) is 5.62. The average Bonchev–Trinajstić information content (AvgIpc) is 3.21. The van der Waals surface area contributed by atoms with Crippen LogP contribution in [-0.4, -0.2) is 70.9 Å². The maximum absolute atomic E-state index is 13.0. The minimum Gasteiger partial charge on any atom is -0.477 e. The Labute approximate surface area is 169 Å². The fraction of sp³-hybridized carbons (Fsp3) is 0.381. The Bertz CT molecular complexity index is 929. The van der Waals surface area contributed by atoms with Crippen LogP contribution in [0.3, 0.4) is 0 Å². The van der Waals surface area contributed by atoms with Gasteiger partial charge in [0, 0.05) is 44.8 Å². The lowest BCUT2D eigenvalue weighted by Gasteiger charge is -2.36. The van der Waals surface area contributed by atoms with E-state index in [1.54, 1.807) is 17.0 Å². The number of aliphatic hydroxyl groups is 1. The van der Waals surface area contributed by atoms with Gasteiger partial charge in [-0.1, -0.05) is 18.2 Å². The smallest absolute Gasteiger partial charge is 0.261 e. The fourth-order valence-corrected chi connectivity index (χ4v) is 3.69. The van der Waals surface area contributed by atoms with Crippen LogP contribution in [0.2, 0.25) is 0 Å². The third kappa shape index (κ3) is 4.02. The van der Waals surface area contributed by atoms with Crippen molar-refractivity contribution >= 4 is 23.5 Å². The minimum absolute atomic E-state index is 0.0467. The number of ketones is 1. The molecule has 0 unspecified atom stereocenters. The fourth-order valence-electron chi connectivity index (χ4n) is 3.69. The zero-order valence-electron chi connectivity index (χ0n) is 16.2. The molecule has 1 N–H and O–H groups in total. The number of carbonyl (C=O) groups is 2. The number of aliphatic hydroxyl groups excluding tert-OH is 1. The van der Waals surface area contributed by atoms with Crippen LogP contribution in [0.15, 0.2) is 36.5 Å². The predicted octanol–water partition coefficient (Wildman–Crippen LogP) is 1.20. The highest BCUT2D eigenvalue weighted by Gasteiger charge is 2.28. The van der Waals surface area contributed by atoms with Gasteiger partial charge in [0.05, 0.1) is 12.8 Å². The molecule has 0 radical (unpaired) electrons. The van der Waals surface area contributed by atoms with Gasteiger partial charge in [0.2, 0.25) is 5.88 Å². The van der Waals surface area contributed by atoms with Crippen LogP contribution in [0.25, 0.3) is 6.08 Å². The number of hydrogen-bond acceptors (Lipinski definition) is 6. The number of anilines is 1. The lowest BCUT2D eigenvalue weighted by molar-refractivity contribution is -0.117. The van der Waals surface area contributed by atoms with Crippen LogP contribution in [-0.2, 0) is 11.3 Å². The molecule has 1 saturated heterocycles. The maximum Gasteiger partial charge on any atom is 0.261 e. The molecule has 0 atom stereocenters. The van der Waals surface area contributed by atoms with Crippen molar-refractivity contribution in [2.24, 2.45) is 0 Å². The number of piperazine rings is 1. The van der Waals surface area contributed by atoms with E-state index in [4.69, 9.17) is 9.84 Å². The van der Waals surface area contributed by atoms with Crippen LogP contribution in [0.4, 0.5) is 5.69 Å². The molecule has 152 valence electrons. The highest BCUT2D eigenvalue weighted by molar-refractivity contribution is 5.97. The molecule has 8 heteroatoms. The number of aryl methyl sites for hydroxylation is 1. The summed E-state index contributed by atoms with van der Waals surface area (Å²) in [6.07, 6.45) is 5.62. The van der Waals surface area contributed by atoms with Crippen molar-refractivity contribution in [3.8, 4) is 5.88 Å². The topological polar surface area (TPSA) is 87.9 Å². The number of nitrogens with zero attached hydrogens (tertiary/aromatic N) is 4. The number of hydrogen-bond donors (Lipinski definition) is 1. The van der Waals surface area contributed by atoms with Crippen molar-refractivity contribution in [2.75, 3.05) is 44.3 Å². The summed E-state index contributed by atoms with van der Waals surface area (Å²) in [5.74, 6) is 0.198. The van der Waals surface area contributed by atoms with E-state index in [2.05, 4.69) is 10.00 Å². The monoisotopic (exact) mass is 396 g/mol. The first-order chi connectivity index (χ1) is 14.2. The van der Waals surface area contributed by atoms with Crippen LogP contribution in [0, 0.1) is 0 Å². The number of rotatable bonds is 5. The molecule has 1 fully saturated rings. The van der Waals surface area contributed by atoms with Crippen molar-refractivity contribution in [2.45, 2.75) is 13.0 Å². The van der Waals surface area contributed by atoms with Gasteiger partial charge in [-0.05, 0) is 23.8 Å². The zero-order chi connectivity index (χ0) is 20.2. The van der Waals surface area contributed by atoms with E-state index in [0.29, 0.717) is 44.2 Å². The van der Waals surface area contributed by atoms with Crippen molar-refractivity contribution in [3.05, 3.63) is 47.7 Å². The van der Waals surface area contributed by atoms with Crippen molar-refractivity contribution < 1.29 is 19.4 Å². The Hall–Kier alpha value is -3.13. The normalized spacial score (nSPS) is 16.6. The molecule has 2 aliphatic rings. The third-order valence-electron chi connectivity index (χ3n) is 5.22. The van der Waals surface area contributed by atoms with E-state index in [-0.39, 0.29) is 11.7 Å². The number of carbonyl (C=O) groups excluding carboxylic acids is 2. The number of fused-ring (bicyclic) bond motifs is 1. The van der Waals surface area contributed by atoms with Gasteiger partial charge in [-0.15, -0.1) is 0 Å². The molecule has 2 aromatic rings. The Balaban J connectivity index is 1.44. The molecule has 0 saturated carbocycles. The molecular formula is C21H24N4O4. The first-order valence-electron chi connectivity index (χ1n) is 9.81. The van der Waals surface area contributed by atoms with Gasteiger partial charge in [-0.25, -0.2) is 4.68 Å². The largest absolute Gasteiger partial charge is 0.477 e. The quantitative estimate of drug-likeness (QED) is 0.765. The van der Waals surface area contributed by atoms with E-state index in [0.717, 1.165) is 24.2 Å². The van der Waals surface area contributed by atoms with Gasteiger partial charge in [0.1, 0.15) is 12.2 Å². The second-order valence-corrected chi connectivity index (χ2v) is 7.08. The number of para-hydroxylation sites is 1. The van der Waals surface area contributed by atoms with Crippen LogP contribution >= 0.6 is 0 Å². The summed E-state index contributed by atoms with van der Waals surface area (Å²) >= 11 is 0. The summed E-state index contributed by atoms with van der Waals surface area (Å²) in [4.78, 5) is 28.4. The number of ether oxygens (including phenoxy) is 1. The zero-order valence-corrected chi connectivity index (χ0v) is 16.2.